The maximum Gasteiger partial charge on any atom is 0.225 e. The van der Waals surface area contributed by atoms with Crippen LogP contribution < -0.4 is 5.32 Å². The van der Waals surface area contributed by atoms with Crippen LogP contribution in [0.25, 0.3) is 10.9 Å². The van der Waals surface area contributed by atoms with Crippen LogP contribution in [0.5, 0.6) is 5.75 Å². The normalized spacial score (nSPS) is 17.3. The van der Waals surface area contributed by atoms with Gasteiger partial charge in [-0.15, -0.1) is 0 Å². The molecule has 1 aliphatic rings. The first-order chi connectivity index (χ1) is 10.6. The van der Waals surface area contributed by atoms with Crippen molar-refractivity contribution in [1.82, 2.24) is 4.98 Å². The third-order valence-corrected chi connectivity index (χ3v) is 4.41. The van der Waals surface area contributed by atoms with Crippen molar-refractivity contribution in [3.05, 3.63) is 59.3 Å². The number of H-pyrrole nitrogens is 1. The summed E-state index contributed by atoms with van der Waals surface area (Å²) in [6.45, 7) is 1.87. The van der Waals surface area contributed by atoms with Crippen molar-refractivity contribution in [3.8, 4) is 5.75 Å². The monoisotopic (exact) mass is 292 g/mol. The van der Waals surface area contributed by atoms with Gasteiger partial charge in [-0.2, -0.15) is 0 Å². The van der Waals surface area contributed by atoms with Crippen LogP contribution in [0.3, 0.4) is 0 Å². The van der Waals surface area contributed by atoms with E-state index in [1.54, 1.807) is 6.07 Å². The van der Waals surface area contributed by atoms with Gasteiger partial charge in [-0.1, -0.05) is 12.1 Å². The van der Waals surface area contributed by atoms with Crippen molar-refractivity contribution in [2.75, 3.05) is 5.32 Å². The second-order valence-electron chi connectivity index (χ2n) is 5.82. The fraction of sp³-hybridized carbons (Fsp3) is 0.167. The van der Waals surface area contributed by atoms with E-state index in [0.717, 1.165) is 27.6 Å². The number of hydrogen-bond acceptors (Lipinski definition) is 2. The third-order valence-electron chi connectivity index (χ3n) is 4.41. The summed E-state index contributed by atoms with van der Waals surface area (Å²) in [5.74, 6) is 0.190. The maximum atomic E-state index is 12.1. The third kappa shape index (κ3) is 1.88. The van der Waals surface area contributed by atoms with Gasteiger partial charge in [0.1, 0.15) is 5.75 Å². The van der Waals surface area contributed by atoms with E-state index in [1.165, 1.54) is 0 Å². The number of anilines is 1. The van der Waals surface area contributed by atoms with Crippen LogP contribution in [-0.2, 0) is 4.79 Å². The number of carbonyl (C=O) groups is 1. The number of benzene rings is 2. The van der Waals surface area contributed by atoms with E-state index in [-0.39, 0.29) is 17.6 Å². The predicted molar refractivity (Wildman–Crippen MR) is 86.2 cm³/mol. The number of aromatic hydroxyl groups is 1. The van der Waals surface area contributed by atoms with Crippen LogP contribution >= 0.6 is 0 Å². The van der Waals surface area contributed by atoms with Crippen LogP contribution in [0.2, 0.25) is 0 Å². The lowest BCUT2D eigenvalue weighted by molar-refractivity contribution is -0.116. The van der Waals surface area contributed by atoms with Gasteiger partial charge in [0.05, 0.1) is 0 Å². The summed E-state index contributed by atoms with van der Waals surface area (Å²) in [6.07, 6.45) is 2.33. The van der Waals surface area contributed by atoms with E-state index in [9.17, 15) is 9.90 Å². The molecule has 0 radical (unpaired) electrons. The molecule has 0 unspecified atom stereocenters. The average molecular weight is 292 g/mol. The van der Waals surface area contributed by atoms with E-state index in [1.807, 2.05) is 37.4 Å². The first-order valence-corrected chi connectivity index (χ1v) is 7.33. The van der Waals surface area contributed by atoms with Gasteiger partial charge in [0.2, 0.25) is 5.91 Å². The van der Waals surface area contributed by atoms with Crippen molar-refractivity contribution in [2.45, 2.75) is 19.3 Å². The highest BCUT2D eigenvalue weighted by atomic mass is 16.3. The van der Waals surface area contributed by atoms with Crippen molar-refractivity contribution >= 4 is 22.5 Å². The lowest BCUT2D eigenvalue weighted by Gasteiger charge is -2.27. The molecule has 1 aromatic heterocycles. The fourth-order valence-corrected chi connectivity index (χ4v) is 3.30. The number of aromatic nitrogens is 1. The second kappa shape index (κ2) is 4.63. The highest BCUT2D eigenvalue weighted by Crippen LogP contribution is 2.41. The predicted octanol–water partition coefficient (Wildman–Crippen LogP) is 3.66. The van der Waals surface area contributed by atoms with Gasteiger partial charge in [0.15, 0.2) is 0 Å². The molecule has 4 rings (SSSR count). The number of rotatable bonds is 1. The fourth-order valence-electron chi connectivity index (χ4n) is 3.30. The Bertz CT molecular complexity index is 895. The minimum Gasteiger partial charge on any atom is -0.508 e. The summed E-state index contributed by atoms with van der Waals surface area (Å²) < 4.78 is 0. The molecular weight excluding hydrogens is 276 g/mol. The lowest BCUT2D eigenvalue weighted by atomic mass is 9.82. The number of aryl methyl sites for hydroxylation is 1. The maximum absolute atomic E-state index is 12.1. The summed E-state index contributed by atoms with van der Waals surface area (Å²) in [4.78, 5) is 15.3. The van der Waals surface area contributed by atoms with Gasteiger partial charge < -0.3 is 15.4 Å². The van der Waals surface area contributed by atoms with Crippen molar-refractivity contribution < 1.29 is 9.90 Å². The molecule has 4 nitrogen and oxygen atoms in total. The Morgan fingerprint density at radius 2 is 2.05 bits per heavy atom. The van der Waals surface area contributed by atoms with Crippen molar-refractivity contribution in [1.29, 1.82) is 0 Å². The first-order valence-electron chi connectivity index (χ1n) is 7.33. The zero-order valence-electron chi connectivity index (χ0n) is 12.2. The Morgan fingerprint density at radius 1 is 1.18 bits per heavy atom. The number of aromatic amines is 1. The Kier molecular flexibility index (Phi) is 2.73. The van der Waals surface area contributed by atoms with Gasteiger partial charge in [-0.3, -0.25) is 4.79 Å². The summed E-state index contributed by atoms with van der Waals surface area (Å²) in [5, 5.41) is 13.9. The Hall–Kier alpha value is -2.75. The summed E-state index contributed by atoms with van der Waals surface area (Å²) in [6, 6.07) is 11.8. The van der Waals surface area contributed by atoms with E-state index in [2.05, 4.69) is 16.4 Å². The number of amides is 1. The molecule has 2 aromatic carbocycles. The molecule has 1 atom stereocenters. The molecule has 22 heavy (non-hydrogen) atoms. The number of nitrogens with one attached hydrogen (secondary N) is 2. The molecule has 0 fully saturated rings. The smallest absolute Gasteiger partial charge is 0.225 e. The molecule has 0 saturated carbocycles. The molecule has 0 aliphatic carbocycles. The Morgan fingerprint density at radius 3 is 2.91 bits per heavy atom. The average Bonchev–Trinajstić information content (AvgIpc) is 2.96. The highest BCUT2D eigenvalue weighted by Gasteiger charge is 2.28. The van der Waals surface area contributed by atoms with Gasteiger partial charge in [-0.05, 0) is 41.8 Å². The number of carbonyl (C=O) groups excluding carboxylic acids is 1. The molecule has 4 heteroatoms. The second-order valence-corrected chi connectivity index (χ2v) is 5.82. The van der Waals surface area contributed by atoms with Crippen LogP contribution in [-0.4, -0.2) is 16.0 Å². The molecule has 3 N–H and O–H groups in total. The van der Waals surface area contributed by atoms with Crippen LogP contribution in [0.15, 0.2) is 42.6 Å². The number of phenols is 1. The zero-order valence-corrected chi connectivity index (χ0v) is 12.2. The lowest BCUT2D eigenvalue weighted by Crippen LogP contribution is -2.23. The quantitative estimate of drug-likeness (QED) is 0.641. The molecule has 0 bridgehead atoms. The molecule has 3 aromatic rings. The van der Waals surface area contributed by atoms with E-state index in [0.29, 0.717) is 12.1 Å². The number of fused-ring (bicyclic) bond motifs is 2. The van der Waals surface area contributed by atoms with Crippen molar-refractivity contribution in [2.24, 2.45) is 0 Å². The largest absolute Gasteiger partial charge is 0.508 e. The van der Waals surface area contributed by atoms with Gasteiger partial charge >= 0.3 is 0 Å². The van der Waals surface area contributed by atoms with E-state index >= 15 is 0 Å². The van der Waals surface area contributed by atoms with Crippen molar-refractivity contribution in [3.63, 3.8) is 0 Å². The van der Waals surface area contributed by atoms with Gasteiger partial charge in [-0.25, -0.2) is 0 Å². The number of hydrogen-bond donors (Lipinski definition) is 3. The molecule has 110 valence electrons. The zero-order chi connectivity index (χ0) is 15.3. The molecule has 1 amide bonds. The van der Waals surface area contributed by atoms with Crippen LogP contribution in [0.4, 0.5) is 5.69 Å². The van der Waals surface area contributed by atoms with E-state index < -0.39 is 0 Å². The Balaban J connectivity index is 1.95. The van der Waals surface area contributed by atoms with Gasteiger partial charge in [0, 0.05) is 41.2 Å². The summed E-state index contributed by atoms with van der Waals surface area (Å²) in [7, 11) is 0. The molecule has 0 spiro atoms. The molecule has 1 aliphatic heterocycles. The van der Waals surface area contributed by atoms with Gasteiger partial charge in [0.25, 0.3) is 0 Å². The minimum absolute atomic E-state index is 0.00236. The Labute approximate surface area is 127 Å². The molecule has 2 heterocycles. The number of phenolic OH excluding ortho intramolecular Hbond substituents is 1. The topological polar surface area (TPSA) is 65.1 Å². The van der Waals surface area contributed by atoms with Crippen LogP contribution in [0.1, 0.15) is 29.0 Å². The van der Waals surface area contributed by atoms with E-state index in [4.69, 9.17) is 0 Å². The minimum atomic E-state index is -0.0201. The summed E-state index contributed by atoms with van der Waals surface area (Å²) >= 11 is 0. The standard InChI is InChI=1S/C18H16N2O2/c1-10-7-14-13(8-18(22)20-16(14)9-17(10)21)11-3-2-4-15-12(11)5-6-19-15/h2-7,9,13,19,21H,8H2,1H3,(H,20,22)/t13-/m0/s1. The SMILES string of the molecule is Cc1cc2c(cc1O)NC(=O)C[C@H]2c1cccc2[nH]ccc12. The van der Waals surface area contributed by atoms with Crippen LogP contribution in [0, 0.1) is 6.92 Å². The molecular formula is C18H16N2O2. The first kappa shape index (κ1) is 13.0. The highest BCUT2D eigenvalue weighted by molar-refractivity contribution is 5.97. The molecule has 0 saturated heterocycles. The summed E-state index contributed by atoms with van der Waals surface area (Å²) in [5.41, 5.74) is 4.79.